The lowest BCUT2D eigenvalue weighted by Crippen LogP contribution is -2.14. The van der Waals surface area contributed by atoms with E-state index >= 15 is 0 Å². The van der Waals surface area contributed by atoms with Crippen LogP contribution in [0.3, 0.4) is 0 Å². The predicted octanol–water partition coefficient (Wildman–Crippen LogP) is 3.50. The first-order valence-corrected chi connectivity index (χ1v) is 8.82. The molecule has 1 aliphatic carbocycles. The molecular weight excluding hydrogens is 296 g/mol. The maximum Gasteiger partial charge on any atom is 0.225 e. The summed E-state index contributed by atoms with van der Waals surface area (Å²) < 4.78 is 1.78. The van der Waals surface area contributed by atoms with Gasteiger partial charge in [0.05, 0.1) is 10.7 Å². The Morgan fingerprint density at radius 1 is 1.45 bits per heavy atom. The Morgan fingerprint density at radius 3 is 3.00 bits per heavy atom. The maximum absolute atomic E-state index is 12.1. The normalized spacial score (nSPS) is 15.3. The Balaban J connectivity index is 1.50. The van der Waals surface area contributed by atoms with E-state index in [1.54, 1.807) is 22.2 Å². The van der Waals surface area contributed by atoms with E-state index in [-0.39, 0.29) is 5.91 Å². The van der Waals surface area contributed by atoms with Crippen molar-refractivity contribution in [3.63, 3.8) is 0 Å². The number of carbonyl (C=O) groups excluding carboxylic acids is 1. The summed E-state index contributed by atoms with van der Waals surface area (Å²) in [6.45, 7) is 0. The van der Waals surface area contributed by atoms with E-state index in [0.717, 1.165) is 29.4 Å². The molecule has 0 aromatic carbocycles. The van der Waals surface area contributed by atoms with Crippen LogP contribution < -0.4 is 5.32 Å². The largest absolute Gasteiger partial charge is 0.311 e. The SMILES string of the molecule is Cn1nc(C2CCCC2)cc1NC(=O)CCCc1nccs1. The molecule has 2 aromatic heterocycles. The molecule has 1 aliphatic rings. The Hall–Kier alpha value is -1.69. The van der Waals surface area contributed by atoms with Crippen molar-refractivity contribution in [3.8, 4) is 0 Å². The fraction of sp³-hybridized carbons (Fsp3) is 0.562. The van der Waals surface area contributed by atoms with E-state index < -0.39 is 0 Å². The molecule has 0 radical (unpaired) electrons. The number of carbonyl (C=O) groups is 1. The molecule has 2 heterocycles. The van der Waals surface area contributed by atoms with Gasteiger partial charge in [-0.15, -0.1) is 11.3 Å². The van der Waals surface area contributed by atoms with Crippen molar-refractivity contribution < 1.29 is 4.79 Å². The van der Waals surface area contributed by atoms with E-state index in [4.69, 9.17) is 0 Å². The Labute approximate surface area is 134 Å². The van der Waals surface area contributed by atoms with E-state index in [1.807, 2.05) is 18.5 Å². The average Bonchev–Trinajstić information content (AvgIpc) is 3.21. The monoisotopic (exact) mass is 318 g/mol. The van der Waals surface area contributed by atoms with Gasteiger partial charge in [-0.25, -0.2) is 4.98 Å². The number of anilines is 1. The molecule has 0 spiro atoms. The van der Waals surface area contributed by atoms with Crippen molar-refractivity contribution in [3.05, 3.63) is 28.3 Å². The molecule has 22 heavy (non-hydrogen) atoms. The average molecular weight is 318 g/mol. The van der Waals surface area contributed by atoms with Gasteiger partial charge in [0.15, 0.2) is 0 Å². The van der Waals surface area contributed by atoms with Gasteiger partial charge in [-0.2, -0.15) is 5.10 Å². The first kappa shape index (κ1) is 15.2. The molecule has 0 unspecified atom stereocenters. The summed E-state index contributed by atoms with van der Waals surface area (Å²) in [5.41, 5.74) is 1.12. The van der Waals surface area contributed by atoms with Gasteiger partial charge in [0.25, 0.3) is 0 Å². The molecule has 118 valence electrons. The summed E-state index contributed by atoms with van der Waals surface area (Å²) in [6.07, 6.45) is 9.04. The molecule has 0 saturated heterocycles. The molecule has 1 fully saturated rings. The highest BCUT2D eigenvalue weighted by molar-refractivity contribution is 7.09. The van der Waals surface area contributed by atoms with Gasteiger partial charge in [-0.05, 0) is 25.7 Å². The Morgan fingerprint density at radius 2 is 2.27 bits per heavy atom. The zero-order chi connectivity index (χ0) is 15.4. The topological polar surface area (TPSA) is 59.8 Å². The van der Waals surface area contributed by atoms with Crippen molar-refractivity contribution in [1.82, 2.24) is 14.8 Å². The molecule has 2 aromatic rings. The van der Waals surface area contributed by atoms with Crippen LogP contribution in [0.1, 0.15) is 55.1 Å². The number of thiazole rings is 1. The summed E-state index contributed by atoms with van der Waals surface area (Å²) in [7, 11) is 1.89. The van der Waals surface area contributed by atoms with Crippen molar-refractivity contribution in [2.75, 3.05) is 5.32 Å². The van der Waals surface area contributed by atoms with Gasteiger partial charge in [0, 0.05) is 37.0 Å². The van der Waals surface area contributed by atoms with Crippen LogP contribution in [0.25, 0.3) is 0 Å². The van der Waals surface area contributed by atoms with Gasteiger partial charge in [0.1, 0.15) is 5.82 Å². The second kappa shape index (κ2) is 7.05. The third kappa shape index (κ3) is 3.74. The Bertz CT molecular complexity index is 614. The zero-order valence-electron chi connectivity index (χ0n) is 12.9. The van der Waals surface area contributed by atoms with Crippen LogP contribution in [0.5, 0.6) is 0 Å². The molecule has 1 N–H and O–H groups in total. The maximum atomic E-state index is 12.1. The highest BCUT2D eigenvalue weighted by Crippen LogP contribution is 2.34. The minimum atomic E-state index is 0.0533. The van der Waals surface area contributed by atoms with Gasteiger partial charge in [-0.1, -0.05) is 12.8 Å². The van der Waals surface area contributed by atoms with Crippen LogP contribution in [-0.4, -0.2) is 20.7 Å². The molecule has 0 aliphatic heterocycles. The highest BCUT2D eigenvalue weighted by atomic mass is 32.1. The third-order valence-electron chi connectivity index (χ3n) is 4.22. The van der Waals surface area contributed by atoms with E-state index in [9.17, 15) is 4.79 Å². The summed E-state index contributed by atoms with van der Waals surface area (Å²) in [6, 6.07) is 2.04. The highest BCUT2D eigenvalue weighted by Gasteiger charge is 2.21. The molecule has 6 heteroatoms. The predicted molar refractivity (Wildman–Crippen MR) is 88.1 cm³/mol. The number of aromatic nitrogens is 3. The van der Waals surface area contributed by atoms with Crippen molar-refractivity contribution >= 4 is 23.1 Å². The van der Waals surface area contributed by atoms with Gasteiger partial charge >= 0.3 is 0 Å². The third-order valence-corrected chi connectivity index (χ3v) is 5.06. The van der Waals surface area contributed by atoms with Crippen LogP contribution in [0, 0.1) is 0 Å². The molecule has 0 atom stereocenters. The number of hydrogen-bond acceptors (Lipinski definition) is 4. The van der Waals surface area contributed by atoms with Crippen molar-refractivity contribution in [1.29, 1.82) is 0 Å². The summed E-state index contributed by atoms with van der Waals surface area (Å²) >= 11 is 1.64. The van der Waals surface area contributed by atoms with Crippen LogP contribution in [0.2, 0.25) is 0 Å². The Kier molecular flexibility index (Phi) is 4.87. The minimum Gasteiger partial charge on any atom is -0.311 e. The van der Waals surface area contributed by atoms with E-state index in [2.05, 4.69) is 15.4 Å². The van der Waals surface area contributed by atoms with Crippen LogP contribution in [0.15, 0.2) is 17.6 Å². The minimum absolute atomic E-state index is 0.0533. The molecule has 5 nitrogen and oxygen atoms in total. The first-order chi connectivity index (χ1) is 10.7. The van der Waals surface area contributed by atoms with Crippen LogP contribution in [0.4, 0.5) is 5.82 Å². The number of rotatable bonds is 6. The van der Waals surface area contributed by atoms with E-state index in [0.29, 0.717) is 12.3 Å². The van der Waals surface area contributed by atoms with E-state index in [1.165, 1.54) is 25.7 Å². The summed E-state index contributed by atoms with van der Waals surface area (Å²) in [5.74, 6) is 1.43. The molecule has 0 bridgehead atoms. The van der Waals surface area contributed by atoms with Crippen molar-refractivity contribution in [2.45, 2.75) is 50.9 Å². The lowest BCUT2D eigenvalue weighted by molar-refractivity contribution is -0.116. The second-order valence-electron chi connectivity index (χ2n) is 5.89. The summed E-state index contributed by atoms with van der Waals surface area (Å²) in [5, 5.41) is 10.6. The standard InChI is InChI=1S/C16H22N4OS/c1-20-14(11-13(19-20)12-5-2-3-6-12)18-15(21)7-4-8-16-17-9-10-22-16/h9-12H,2-8H2,1H3,(H,18,21). The van der Waals surface area contributed by atoms with Crippen LogP contribution in [-0.2, 0) is 18.3 Å². The molecule has 1 amide bonds. The second-order valence-corrected chi connectivity index (χ2v) is 6.87. The van der Waals surface area contributed by atoms with Crippen molar-refractivity contribution in [2.24, 2.45) is 7.05 Å². The van der Waals surface area contributed by atoms with Gasteiger partial charge in [-0.3, -0.25) is 9.48 Å². The number of nitrogens with zero attached hydrogens (tertiary/aromatic N) is 3. The molecule has 3 rings (SSSR count). The smallest absolute Gasteiger partial charge is 0.225 e. The summed E-state index contributed by atoms with van der Waals surface area (Å²) in [4.78, 5) is 16.3. The molecule has 1 saturated carbocycles. The van der Waals surface area contributed by atoms with Crippen LogP contribution >= 0.6 is 11.3 Å². The lowest BCUT2D eigenvalue weighted by atomic mass is 10.0. The quantitative estimate of drug-likeness (QED) is 0.887. The fourth-order valence-corrected chi connectivity index (χ4v) is 3.67. The number of aryl methyl sites for hydroxylation is 2. The first-order valence-electron chi connectivity index (χ1n) is 7.94. The fourth-order valence-electron chi connectivity index (χ4n) is 3.01. The zero-order valence-corrected chi connectivity index (χ0v) is 13.7. The lowest BCUT2D eigenvalue weighted by Gasteiger charge is -2.04. The number of amides is 1. The number of nitrogens with one attached hydrogen (secondary N) is 1. The molecular formula is C16H22N4OS. The number of hydrogen-bond donors (Lipinski definition) is 1. The van der Waals surface area contributed by atoms with Gasteiger partial charge in [0.2, 0.25) is 5.91 Å². The van der Waals surface area contributed by atoms with Gasteiger partial charge < -0.3 is 5.32 Å².